The number of nitrogens with zero attached hydrogens (tertiary/aromatic N) is 4. The third-order valence-electron chi connectivity index (χ3n) is 5.84. The van der Waals surface area contributed by atoms with Gasteiger partial charge in [-0.2, -0.15) is 28.1 Å². The molecule has 1 unspecified atom stereocenters. The number of anilines is 2. The number of halogens is 3. The summed E-state index contributed by atoms with van der Waals surface area (Å²) in [7, 11) is -1.85. The van der Waals surface area contributed by atoms with E-state index >= 15 is 0 Å². The van der Waals surface area contributed by atoms with Crippen molar-refractivity contribution in [3.8, 4) is 11.4 Å². The topological polar surface area (TPSA) is 108 Å². The van der Waals surface area contributed by atoms with Gasteiger partial charge in [-0.25, -0.2) is 4.79 Å². The molecule has 0 saturated carbocycles. The molecule has 0 aliphatic carbocycles. The van der Waals surface area contributed by atoms with Gasteiger partial charge in [0.2, 0.25) is 16.8 Å². The van der Waals surface area contributed by atoms with Gasteiger partial charge in [0.05, 0.1) is 16.4 Å². The number of fused-ring (bicyclic) bond motifs is 1. The monoisotopic (exact) mass is 505 g/mol. The van der Waals surface area contributed by atoms with Gasteiger partial charge in [-0.1, -0.05) is 36.4 Å². The Morgan fingerprint density at radius 2 is 1.71 bits per heavy atom. The molecule has 2 aromatic carbocycles. The summed E-state index contributed by atoms with van der Waals surface area (Å²) in [5.74, 6) is -1.24. The number of rotatable bonds is 6. The summed E-state index contributed by atoms with van der Waals surface area (Å²) in [4.78, 5) is 24.9. The smallest absolute Gasteiger partial charge is 0.416 e. The van der Waals surface area contributed by atoms with E-state index in [0.29, 0.717) is 13.1 Å². The molecule has 184 valence electrons. The highest BCUT2D eigenvalue weighted by atomic mass is 32.2. The van der Waals surface area contributed by atoms with Gasteiger partial charge in [0, 0.05) is 24.9 Å². The van der Waals surface area contributed by atoms with Crippen molar-refractivity contribution in [1.29, 1.82) is 0 Å². The Morgan fingerprint density at radius 1 is 1.06 bits per heavy atom. The quantitative estimate of drug-likeness (QED) is 0.522. The molecule has 0 spiro atoms. The molecule has 1 aliphatic rings. The van der Waals surface area contributed by atoms with E-state index in [1.807, 2.05) is 29.2 Å². The second kappa shape index (κ2) is 9.25. The zero-order chi connectivity index (χ0) is 25.4. The van der Waals surface area contributed by atoms with Crippen LogP contribution in [-0.2, 0) is 34.7 Å². The van der Waals surface area contributed by atoms with Crippen molar-refractivity contribution < 1.29 is 27.3 Å². The largest absolute Gasteiger partial charge is 0.479 e. The Labute approximate surface area is 201 Å². The Balaban J connectivity index is 1.77. The van der Waals surface area contributed by atoms with Crippen LogP contribution in [0, 0.1) is 0 Å². The van der Waals surface area contributed by atoms with Gasteiger partial charge in [-0.3, -0.25) is 4.21 Å². The van der Waals surface area contributed by atoms with Crippen LogP contribution < -0.4 is 10.2 Å². The Bertz CT molecular complexity index is 1270. The fourth-order valence-electron chi connectivity index (χ4n) is 3.63. The molecule has 1 aliphatic heterocycles. The number of carbonyl (C=O) groups is 1. The number of alkyl halides is 3. The number of hydrogen-bond acceptors (Lipinski definition) is 7. The maximum Gasteiger partial charge on any atom is 0.416 e. The standard InChI is InChI=1S/C23H22F3N5O3S/c1-22(19(32)33,35(2)34)30-20-27-18(15-7-9-17(10-8-15)23(24,25)26)28-21(29-20)31-12-11-14-5-3-4-6-16(14)13-31/h3-10H,11-13H2,1-2H3,(H,32,33)(H,27,28,29,30)/t22?,35-/m1/s1. The molecule has 2 atom stereocenters. The number of aliphatic carboxylic acids is 1. The normalized spacial score (nSPS) is 16.2. The molecule has 3 aromatic rings. The SMILES string of the molecule is C[S@@](=O)C(C)(Nc1nc(-c2ccc(C(F)(F)F)cc2)nc(N2CCc3ccccc3C2)n1)C(=O)O. The van der Waals surface area contributed by atoms with E-state index in [9.17, 15) is 27.3 Å². The van der Waals surface area contributed by atoms with Crippen molar-refractivity contribution in [3.63, 3.8) is 0 Å². The molecule has 2 heterocycles. The average molecular weight is 506 g/mol. The van der Waals surface area contributed by atoms with Gasteiger partial charge < -0.3 is 15.3 Å². The lowest BCUT2D eigenvalue weighted by atomic mass is 10.0. The lowest BCUT2D eigenvalue weighted by Crippen LogP contribution is -2.47. The molecule has 35 heavy (non-hydrogen) atoms. The van der Waals surface area contributed by atoms with Crippen LogP contribution in [0.15, 0.2) is 48.5 Å². The summed E-state index contributed by atoms with van der Waals surface area (Å²) < 4.78 is 51.2. The summed E-state index contributed by atoms with van der Waals surface area (Å²) in [6.07, 6.45) is -2.53. The summed E-state index contributed by atoms with van der Waals surface area (Å²) >= 11 is 0. The van der Waals surface area contributed by atoms with Crippen molar-refractivity contribution in [3.05, 3.63) is 65.2 Å². The molecule has 0 fully saturated rings. The highest BCUT2D eigenvalue weighted by Gasteiger charge is 2.39. The molecular weight excluding hydrogens is 483 g/mol. The maximum atomic E-state index is 13.0. The van der Waals surface area contributed by atoms with E-state index in [-0.39, 0.29) is 23.3 Å². The summed E-state index contributed by atoms with van der Waals surface area (Å²) in [5, 5.41) is 12.3. The van der Waals surface area contributed by atoms with Crippen LogP contribution in [0.4, 0.5) is 25.1 Å². The van der Waals surface area contributed by atoms with Crippen LogP contribution in [0.25, 0.3) is 11.4 Å². The zero-order valence-electron chi connectivity index (χ0n) is 18.8. The lowest BCUT2D eigenvalue weighted by Gasteiger charge is -2.30. The second-order valence-electron chi connectivity index (χ2n) is 8.22. The van der Waals surface area contributed by atoms with Crippen molar-refractivity contribution in [2.75, 3.05) is 23.0 Å². The predicted octanol–water partition coefficient (Wildman–Crippen LogP) is 3.71. The Hall–Kier alpha value is -3.54. The number of nitrogens with one attached hydrogen (secondary N) is 1. The number of hydrogen-bond donors (Lipinski definition) is 2. The van der Waals surface area contributed by atoms with Crippen molar-refractivity contribution >= 4 is 28.7 Å². The van der Waals surface area contributed by atoms with Crippen LogP contribution in [0.5, 0.6) is 0 Å². The van der Waals surface area contributed by atoms with Crippen molar-refractivity contribution in [1.82, 2.24) is 15.0 Å². The molecular formula is C23H22F3N5O3S. The highest BCUT2D eigenvalue weighted by molar-refractivity contribution is 7.86. The Kier molecular flexibility index (Phi) is 6.50. The fraction of sp³-hybridized carbons (Fsp3) is 0.304. The van der Waals surface area contributed by atoms with Gasteiger partial charge in [0.25, 0.3) is 0 Å². The molecule has 0 amide bonds. The fourth-order valence-corrected chi connectivity index (χ4v) is 4.11. The number of carboxylic acid groups (broad SMARTS) is 1. The molecule has 4 rings (SSSR count). The maximum absolute atomic E-state index is 13.0. The van der Waals surface area contributed by atoms with Gasteiger partial charge in [0.1, 0.15) is 0 Å². The minimum atomic E-state index is -4.49. The van der Waals surface area contributed by atoms with E-state index in [1.54, 1.807) is 0 Å². The van der Waals surface area contributed by atoms with E-state index in [4.69, 9.17) is 0 Å². The van der Waals surface area contributed by atoms with Gasteiger partial charge in [-0.05, 0) is 36.6 Å². The van der Waals surface area contributed by atoms with Crippen LogP contribution in [0.1, 0.15) is 23.6 Å². The van der Waals surface area contributed by atoms with Crippen LogP contribution in [0.3, 0.4) is 0 Å². The van der Waals surface area contributed by atoms with Gasteiger partial charge in [0.15, 0.2) is 5.82 Å². The highest BCUT2D eigenvalue weighted by Crippen LogP contribution is 2.31. The van der Waals surface area contributed by atoms with Crippen molar-refractivity contribution in [2.24, 2.45) is 0 Å². The average Bonchev–Trinajstić information content (AvgIpc) is 2.82. The van der Waals surface area contributed by atoms with Crippen LogP contribution in [0.2, 0.25) is 0 Å². The first-order chi connectivity index (χ1) is 16.5. The Morgan fingerprint density at radius 3 is 2.31 bits per heavy atom. The van der Waals surface area contributed by atoms with E-state index in [2.05, 4.69) is 20.3 Å². The summed E-state index contributed by atoms with van der Waals surface area (Å²) in [5.41, 5.74) is 1.74. The minimum absolute atomic E-state index is 0.0553. The molecule has 0 saturated heterocycles. The number of aromatic nitrogens is 3. The molecule has 12 heteroatoms. The molecule has 0 radical (unpaired) electrons. The number of benzene rings is 2. The van der Waals surface area contributed by atoms with E-state index in [1.165, 1.54) is 30.9 Å². The van der Waals surface area contributed by atoms with E-state index < -0.39 is 33.4 Å². The predicted molar refractivity (Wildman–Crippen MR) is 125 cm³/mol. The first kappa shape index (κ1) is 24.6. The van der Waals surface area contributed by atoms with Gasteiger partial charge in [-0.15, -0.1) is 0 Å². The first-order valence-corrected chi connectivity index (χ1v) is 12.1. The van der Waals surface area contributed by atoms with E-state index in [0.717, 1.165) is 24.1 Å². The third kappa shape index (κ3) is 5.11. The van der Waals surface area contributed by atoms with Crippen molar-refractivity contribution in [2.45, 2.75) is 30.9 Å². The molecule has 0 bridgehead atoms. The second-order valence-corrected chi connectivity index (χ2v) is 9.94. The first-order valence-electron chi connectivity index (χ1n) is 10.6. The molecule has 2 N–H and O–H groups in total. The zero-order valence-corrected chi connectivity index (χ0v) is 19.7. The van der Waals surface area contributed by atoms with Gasteiger partial charge >= 0.3 is 12.1 Å². The van der Waals surface area contributed by atoms with Crippen LogP contribution in [-0.4, -0.2) is 47.9 Å². The summed E-state index contributed by atoms with van der Waals surface area (Å²) in [6.45, 7) is 2.30. The number of carboxylic acids is 1. The lowest BCUT2D eigenvalue weighted by molar-refractivity contribution is -0.139. The molecule has 8 nitrogen and oxygen atoms in total. The minimum Gasteiger partial charge on any atom is -0.479 e. The van der Waals surface area contributed by atoms with Crippen LogP contribution >= 0.6 is 0 Å². The molecule has 1 aromatic heterocycles. The summed E-state index contributed by atoms with van der Waals surface area (Å²) in [6, 6.07) is 12.2. The third-order valence-corrected chi connectivity index (χ3v) is 7.27.